The van der Waals surface area contributed by atoms with Gasteiger partial charge in [0.25, 0.3) is 0 Å². The van der Waals surface area contributed by atoms with E-state index in [4.69, 9.17) is 0 Å². The van der Waals surface area contributed by atoms with Gasteiger partial charge in [-0.2, -0.15) is 0 Å². The van der Waals surface area contributed by atoms with E-state index in [0.29, 0.717) is 16.9 Å². The summed E-state index contributed by atoms with van der Waals surface area (Å²) in [6.07, 6.45) is 3.38. The largest absolute Gasteiger partial charge is 0.323 e. The third-order valence-corrected chi connectivity index (χ3v) is 3.82. The Bertz CT molecular complexity index is 1080. The van der Waals surface area contributed by atoms with Gasteiger partial charge < -0.3 is 10.6 Å². The molecule has 2 N–H and O–H groups in total. The number of fused-ring (bicyclic) bond motifs is 3. The van der Waals surface area contributed by atoms with E-state index in [1.54, 1.807) is 18.5 Å². The lowest BCUT2D eigenvalue weighted by atomic mass is 10.1. The molecule has 2 aromatic heterocycles. The number of urea groups is 1. The van der Waals surface area contributed by atoms with Gasteiger partial charge in [-0.05, 0) is 42.5 Å². The second kappa shape index (κ2) is 6.16. The van der Waals surface area contributed by atoms with Crippen LogP contribution in [0.2, 0.25) is 0 Å². The molecule has 0 saturated carbocycles. The highest BCUT2D eigenvalue weighted by Gasteiger charge is 2.11. The SMILES string of the molecule is O=C(Nc1ccc(F)cc1)Nc1cc2ncccc2c2cccnc12. The highest BCUT2D eigenvalue weighted by molar-refractivity contribution is 6.13. The van der Waals surface area contributed by atoms with Crippen molar-refractivity contribution in [1.29, 1.82) is 0 Å². The average Bonchev–Trinajstić information content (AvgIpc) is 2.64. The van der Waals surface area contributed by atoms with Gasteiger partial charge >= 0.3 is 6.03 Å². The maximum atomic E-state index is 13.0. The zero-order valence-corrected chi connectivity index (χ0v) is 13.0. The zero-order valence-electron chi connectivity index (χ0n) is 13.0. The number of nitrogens with zero attached hydrogens (tertiary/aromatic N) is 2. The predicted octanol–water partition coefficient (Wildman–Crippen LogP) is 4.57. The van der Waals surface area contributed by atoms with Gasteiger partial charge in [0.05, 0.1) is 16.7 Å². The van der Waals surface area contributed by atoms with Crippen molar-refractivity contribution in [2.75, 3.05) is 10.6 Å². The van der Waals surface area contributed by atoms with Crippen LogP contribution in [-0.2, 0) is 0 Å². The summed E-state index contributed by atoms with van der Waals surface area (Å²) in [5.74, 6) is -0.359. The van der Waals surface area contributed by atoms with E-state index in [9.17, 15) is 9.18 Å². The van der Waals surface area contributed by atoms with E-state index in [0.717, 1.165) is 16.3 Å². The molecule has 0 radical (unpaired) electrons. The summed E-state index contributed by atoms with van der Waals surface area (Å²) in [4.78, 5) is 21.0. The molecule has 5 nitrogen and oxygen atoms in total. The molecule has 0 aliphatic heterocycles. The molecule has 4 rings (SSSR count). The number of carbonyl (C=O) groups excluding carboxylic acids is 1. The Morgan fingerprint density at radius 3 is 2.40 bits per heavy atom. The number of aromatic nitrogens is 2. The Balaban J connectivity index is 1.70. The van der Waals surface area contributed by atoms with Crippen LogP contribution in [0, 0.1) is 5.82 Å². The van der Waals surface area contributed by atoms with Crippen LogP contribution >= 0.6 is 0 Å². The van der Waals surface area contributed by atoms with Crippen molar-refractivity contribution in [3.63, 3.8) is 0 Å². The predicted molar refractivity (Wildman–Crippen MR) is 96.1 cm³/mol. The molecule has 0 spiro atoms. The minimum Gasteiger partial charge on any atom is -0.308 e. The molecule has 2 amide bonds. The Labute approximate surface area is 142 Å². The highest BCUT2D eigenvalue weighted by atomic mass is 19.1. The Morgan fingerprint density at radius 1 is 0.880 bits per heavy atom. The maximum Gasteiger partial charge on any atom is 0.323 e. The number of hydrogen-bond acceptors (Lipinski definition) is 3. The normalized spacial score (nSPS) is 10.8. The fourth-order valence-corrected chi connectivity index (χ4v) is 2.72. The first-order valence-electron chi connectivity index (χ1n) is 7.67. The second-order valence-corrected chi connectivity index (χ2v) is 5.48. The summed E-state index contributed by atoms with van der Waals surface area (Å²) in [5.41, 5.74) is 2.49. The van der Waals surface area contributed by atoms with Gasteiger partial charge in [0, 0.05) is 28.9 Å². The van der Waals surface area contributed by atoms with Gasteiger partial charge in [0.1, 0.15) is 5.82 Å². The Morgan fingerprint density at radius 2 is 1.60 bits per heavy atom. The lowest BCUT2D eigenvalue weighted by Gasteiger charge is -2.11. The molecule has 0 aliphatic carbocycles. The summed E-state index contributed by atoms with van der Waals surface area (Å²) >= 11 is 0. The first kappa shape index (κ1) is 15.0. The van der Waals surface area contributed by atoms with Crippen molar-refractivity contribution in [2.45, 2.75) is 0 Å². The van der Waals surface area contributed by atoms with Crippen LogP contribution in [0.3, 0.4) is 0 Å². The van der Waals surface area contributed by atoms with Crippen molar-refractivity contribution >= 4 is 39.2 Å². The molecule has 6 heteroatoms. The number of anilines is 2. The van der Waals surface area contributed by atoms with Crippen molar-refractivity contribution in [3.8, 4) is 0 Å². The van der Waals surface area contributed by atoms with E-state index in [2.05, 4.69) is 20.6 Å². The van der Waals surface area contributed by atoms with Gasteiger partial charge in [-0.25, -0.2) is 9.18 Å². The van der Waals surface area contributed by atoms with Gasteiger partial charge in [-0.15, -0.1) is 0 Å². The van der Waals surface area contributed by atoms with Crippen LogP contribution < -0.4 is 10.6 Å². The lowest BCUT2D eigenvalue weighted by Crippen LogP contribution is -2.19. The summed E-state index contributed by atoms with van der Waals surface area (Å²) < 4.78 is 13.0. The molecule has 0 bridgehead atoms. The van der Waals surface area contributed by atoms with Crippen LogP contribution in [0.5, 0.6) is 0 Å². The number of halogens is 1. The van der Waals surface area contributed by atoms with Crippen LogP contribution in [0.4, 0.5) is 20.6 Å². The first-order chi connectivity index (χ1) is 12.2. The van der Waals surface area contributed by atoms with Gasteiger partial charge in [0.15, 0.2) is 0 Å². The third kappa shape index (κ3) is 2.97. The summed E-state index contributed by atoms with van der Waals surface area (Å²) in [6.45, 7) is 0. The molecule has 0 fully saturated rings. The van der Waals surface area contributed by atoms with E-state index < -0.39 is 6.03 Å². The first-order valence-corrected chi connectivity index (χ1v) is 7.67. The van der Waals surface area contributed by atoms with Crippen LogP contribution in [-0.4, -0.2) is 16.0 Å². The minimum absolute atomic E-state index is 0.359. The topological polar surface area (TPSA) is 66.9 Å². The number of rotatable bonds is 2. The molecular weight excluding hydrogens is 319 g/mol. The molecule has 122 valence electrons. The molecular formula is C19H13FN4O. The van der Waals surface area contributed by atoms with E-state index in [-0.39, 0.29) is 5.82 Å². The minimum atomic E-state index is -0.436. The van der Waals surface area contributed by atoms with E-state index in [1.165, 1.54) is 24.3 Å². The number of hydrogen-bond donors (Lipinski definition) is 2. The van der Waals surface area contributed by atoms with E-state index >= 15 is 0 Å². The molecule has 25 heavy (non-hydrogen) atoms. The molecule has 4 aromatic rings. The Kier molecular flexibility index (Phi) is 3.70. The molecule has 0 atom stereocenters. The number of nitrogens with one attached hydrogen (secondary N) is 2. The van der Waals surface area contributed by atoms with Crippen LogP contribution in [0.1, 0.15) is 0 Å². The van der Waals surface area contributed by atoms with Gasteiger partial charge in [-0.1, -0.05) is 12.1 Å². The average molecular weight is 332 g/mol. The smallest absolute Gasteiger partial charge is 0.308 e. The second-order valence-electron chi connectivity index (χ2n) is 5.48. The zero-order chi connectivity index (χ0) is 17.2. The fraction of sp³-hybridized carbons (Fsp3) is 0. The number of amides is 2. The van der Waals surface area contributed by atoms with Gasteiger partial charge in [-0.3, -0.25) is 9.97 Å². The van der Waals surface area contributed by atoms with Crippen molar-refractivity contribution in [3.05, 3.63) is 72.8 Å². The molecule has 2 heterocycles. The maximum absolute atomic E-state index is 13.0. The van der Waals surface area contributed by atoms with Crippen LogP contribution in [0.25, 0.3) is 21.8 Å². The molecule has 2 aromatic carbocycles. The number of carbonyl (C=O) groups is 1. The van der Waals surface area contributed by atoms with Gasteiger partial charge in [0.2, 0.25) is 0 Å². The quantitative estimate of drug-likeness (QED) is 0.529. The summed E-state index contributed by atoms with van der Waals surface area (Å²) in [7, 11) is 0. The molecule has 0 unspecified atom stereocenters. The summed E-state index contributed by atoms with van der Waals surface area (Å²) in [5, 5.41) is 7.33. The highest BCUT2D eigenvalue weighted by Crippen LogP contribution is 2.29. The number of benzene rings is 2. The third-order valence-electron chi connectivity index (χ3n) is 3.82. The molecule has 0 aliphatic rings. The monoisotopic (exact) mass is 332 g/mol. The lowest BCUT2D eigenvalue weighted by molar-refractivity contribution is 0.262. The van der Waals surface area contributed by atoms with Crippen LogP contribution in [0.15, 0.2) is 67.0 Å². The van der Waals surface area contributed by atoms with E-state index in [1.807, 2.05) is 24.3 Å². The van der Waals surface area contributed by atoms with Crippen molar-refractivity contribution in [1.82, 2.24) is 9.97 Å². The molecule has 0 saturated heterocycles. The Hall–Kier alpha value is -3.54. The summed E-state index contributed by atoms with van der Waals surface area (Å²) in [6, 6.07) is 14.5. The standard InChI is InChI=1S/C19H13FN4O/c20-12-5-7-13(8-6-12)23-19(25)24-17-11-16-14(3-1-9-21-16)15-4-2-10-22-18(15)17/h1-11H,(H2,23,24,25). The number of pyridine rings is 2. The van der Waals surface area contributed by atoms with Crippen molar-refractivity contribution < 1.29 is 9.18 Å². The van der Waals surface area contributed by atoms with Crippen molar-refractivity contribution in [2.24, 2.45) is 0 Å². The fourth-order valence-electron chi connectivity index (χ4n) is 2.72.